The molecule has 116 valence electrons. The Balaban J connectivity index is 2.16. The van der Waals surface area contributed by atoms with Crippen molar-refractivity contribution >= 4 is 11.7 Å². The molecule has 1 fully saturated rings. The molecule has 5 nitrogen and oxygen atoms in total. The number of nitrogens with zero attached hydrogens (tertiary/aromatic N) is 3. The molecule has 0 spiro atoms. The Kier molecular flexibility index (Phi) is 5.12. The number of carbonyl (C=O) groups excluding carboxylic acids is 1. The van der Waals surface area contributed by atoms with Crippen LogP contribution in [0.15, 0.2) is 12.3 Å². The topological polar surface area (TPSA) is 48.5 Å². The molecule has 1 N–H and O–H groups in total. The van der Waals surface area contributed by atoms with Gasteiger partial charge in [-0.15, -0.1) is 0 Å². The van der Waals surface area contributed by atoms with Gasteiger partial charge in [0, 0.05) is 19.6 Å². The molecule has 1 saturated heterocycles. The molecule has 2 rings (SSSR count). The minimum absolute atomic E-state index is 0.174. The van der Waals surface area contributed by atoms with E-state index in [-0.39, 0.29) is 11.9 Å². The number of hydrogen-bond donors (Lipinski definition) is 1. The summed E-state index contributed by atoms with van der Waals surface area (Å²) in [5.74, 6) is -0.215. The van der Waals surface area contributed by atoms with E-state index in [2.05, 4.69) is 22.2 Å². The van der Waals surface area contributed by atoms with Crippen LogP contribution >= 0.6 is 0 Å². The third-order valence-corrected chi connectivity index (χ3v) is 3.99. The number of hydrogen-bond acceptors (Lipinski definition) is 4. The lowest BCUT2D eigenvalue weighted by Crippen LogP contribution is -2.44. The quantitative estimate of drug-likeness (QED) is 0.920. The molecule has 1 aliphatic rings. The summed E-state index contributed by atoms with van der Waals surface area (Å²) in [6.07, 6.45) is 3.01. The predicted octanol–water partition coefficient (Wildman–Crippen LogP) is 1.82. The summed E-state index contributed by atoms with van der Waals surface area (Å²) in [6, 6.07) is 1.46. The van der Waals surface area contributed by atoms with Gasteiger partial charge in [0.1, 0.15) is 11.6 Å². The van der Waals surface area contributed by atoms with Gasteiger partial charge in [-0.1, -0.05) is 0 Å². The van der Waals surface area contributed by atoms with Gasteiger partial charge in [0.25, 0.3) is 5.91 Å². The molecule has 0 saturated carbocycles. The van der Waals surface area contributed by atoms with Crippen LogP contribution in [0.2, 0.25) is 0 Å². The standard InChI is InChI=1S/C15H23FN4O/c1-4-17-14-13(9-11(16)10-18-14)15(21)20(3)12-5-7-19(2)8-6-12/h9-10,12H,4-8H2,1-3H3,(H,17,18). The molecule has 1 aliphatic heterocycles. The van der Waals surface area contributed by atoms with Gasteiger partial charge >= 0.3 is 0 Å². The zero-order valence-corrected chi connectivity index (χ0v) is 12.9. The van der Waals surface area contributed by atoms with Crippen LogP contribution in [-0.2, 0) is 0 Å². The van der Waals surface area contributed by atoms with E-state index in [9.17, 15) is 9.18 Å². The monoisotopic (exact) mass is 294 g/mol. The predicted molar refractivity (Wildman–Crippen MR) is 81.0 cm³/mol. The number of aromatic nitrogens is 1. The zero-order valence-electron chi connectivity index (χ0n) is 12.9. The maximum atomic E-state index is 13.4. The summed E-state index contributed by atoms with van der Waals surface area (Å²) in [7, 11) is 3.87. The molecule has 2 heterocycles. The minimum atomic E-state index is -0.489. The lowest BCUT2D eigenvalue weighted by atomic mass is 10.0. The first-order valence-electron chi connectivity index (χ1n) is 7.38. The highest BCUT2D eigenvalue weighted by molar-refractivity contribution is 5.98. The zero-order chi connectivity index (χ0) is 15.4. The first-order valence-corrected chi connectivity index (χ1v) is 7.38. The maximum absolute atomic E-state index is 13.4. The number of anilines is 1. The minimum Gasteiger partial charge on any atom is -0.370 e. The normalized spacial score (nSPS) is 16.8. The van der Waals surface area contributed by atoms with E-state index in [1.165, 1.54) is 6.07 Å². The molecule has 0 unspecified atom stereocenters. The lowest BCUT2D eigenvalue weighted by molar-refractivity contribution is 0.0659. The largest absolute Gasteiger partial charge is 0.370 e. The van der Waals surface area contributed by atoms with Gasteiger partial charge < -0.3 is 15.1 Å². The van der Waals surface area contributed by atoms with Gasteiger partial charge in [-0.25, -0.2) is 9.37 Å². The van der Waals surface area contributed by atoms with E-state index in [1.54, 1.807) is 11.9 Å². The third-order valence-electron chi connectivity index (χ3n) is 3.99. The van der Waals surface area contributed by atoms with Crippen molar-refractivity contribution in [1.29, 1.82) is 0 Å². The Morgan fingerprint density at radius 1 is 1.52 bits per heavy atom. The first kappa shape index (κ1) is 15.7. The molecule has 0 atom stereocenters. The van der Waals surface area contributed by atoms with Crippen LogP contribution in [0.25, 0.3) is 0 Å². The van der Waals surface area contributed by atoms with Crippen molar-refractivity contribution < 1.29 is 9.18 Å². The molecule has 0 aromatic carbocycles. The number of pyridine rings is 1. The SMILES string of the molecule is CCNc1ncc(F)cc1C(=O)N(C)C1CCN(C)CC1. The van der Waals surface area contributed by atoms with Gasteiger partial charge in [0.05, 0.1) is 11.8 Å². The Hall–Kier alpha value is -1.69. The number of piperidine rings is 1. The summed E-state index contributed by atoms with van der Waals surface area (Å²) in [5.41, 5.74) is 0.304. The van der Waals surface area contributed by atoms with Gasteiger partial charge in [0.15, 0.2) is 0 Å². The van der Waals surface area contributed by atoms with Crippen LogP contribution in [-0.4, -0.2) is 60.5 Å². The van der Waals surface area contributed by atoms with E-state index >= 15 is 0 Å². The molecular weight excluding hydrogens is 271 g/mol. The number of nitrogens with one attached hydrogen (secondary N) is 1. The van der Waals surface area contributed by atoms with Crippen LogP contribution in [0.1, 0.15) is 30.1 Å². The maximum Gasteiger partial charge on any atom is 0.257 e. The molecule has 0 aliphatic carbocycles. The van der Waals surface area contributed by atoms with Crippen LogP contribution < -0.4 is 5.32 Å². The van der Waals surface area contributed by atoms with Gasteiger partial charge in [0.2, 0.25) is 0 Å². The van der Waals surface area contributed by atoms with Crippen LogP contribution in [0, 0.1) is 5.82 Å². The average molecular weight is 294 g/mol. The first-order chi connectivity index (χ1) is 10.0. The van der Waals surface area contributed by atoms with E-state index in [4.69, 9.17) is 0 Å². The lowest BCUT2D eigenvalue weighted by Gasteiger charge is -2.35. The number of amides is 1. The third kappa shape index (κ3) is 3.69. The number of carbonyl (C=O) groups is 1. The number of halogens is 1. The van der Waals surface area contributed by atoms with Crippen molar-refractivity contribution in [2.45, 2.75) is 25.8 Å². The van der Waals surface area contributed by atoms with Gasteiger partial charge in [-0.2, -0.15) is 0 Å². The smallest absolute Gasteiger partial charge is 0.257 e. The average Bonchev–Trinajstić information content (AvgIpc) is 2.48. The highest BCUT2D eigenvalue weighted by Crippen LogP contribution is 2.20. The number of rotatable bonds is 4. The fourth-order valence-corrected chi connectivity index (χ4v) is 2.65. The highest BCUT2D eigenvalue weighted by Gasteiger charge is 2.26. The number of likely N-dealkylation sites (tertiary alicyclic amines) is 1. The van der Waals surface area contributed by atoms with Crippen molar-refractivity contribution in [2.75, 3.05) is 39.0 Å². The summed E-state index contributed by atoms with van der Waals surface area (Å²) in [6.45, 7) is 4.50. The molecule has 6 heteroatoms. The summed E-state index contributed by atoms with van der Waals surface area (Å²) >= 11 is 0. The fourth-order valence-electron chi connectivity index (χ4n) is 2.65. The molecular formula is C15H23FN4O. The Morgan fingerprint density at radius 3 is 2.81 bits per heavy atom. The van der Waals surface area contributed by atoms with Crippen molar-refractivity contribution in [3.05, 3.63) is 23.6 Å². The van der Waals surface area contributed by atoms with Crippen LogP contribution in [0.5, 0.6) is 0 Å². The van der Waals surface area contributed by atoms with Crippen molar-refractivity contribution in [3.8, 4) is 0 Å². The molecule has 21 heavy (non-hydrogen) atoms. The van der Waals surface area contributed by atoms with Gasteiger partial charge in [-0.3, -0.25) is 4.79 Å². The second-order valence-electron chi connectivity index (χ2n) is 5.53. The molecule has 0 bridgehead atoms. The Bertz CT molecular complexity index is 500. The van der Waals surface area contributed by atoms with Gasteiger partial charge in [-0.05, 0) is 46.0 Å². The van der Waals surface area contributed by atoms with E-state index in [0.29, 0.717) is 17.9 Å². The van der Waals surface area contributed by atoms with Crippen LogP contribution in [0.4, 0.5) is 10.2 Å². The molecule has 1 amide bonds. The molecule has 1 aromatic rings. The summed E-state index contributed by atoms with van der Waals surface area (Å²) < 4.78 is 13.4. The van der Waals surface area contributed by atoms with Crippen molar-refractivity contribution in [1.82, 2.24) is 14.8 Å². The van der Waals surface area contributed by atoms with E-state index < -0.39 is 5.82 Å². The summed E-state index contributed by atoms with van der Waals surface area (Å²) in [5, 5.41) is 3.02. The second kappa shape index (κ2) is 6.85. The summed E-state index contributed by atoms with van der Waals surface area (Å²) in [4.78, 5) is 20.6. The van der Waals surface area contributed by atoms with E-state index in [0.717, 1.165) is 32.1 Å². The highest BCUT2D eigenvalue weighted by atomic mass is 19.1. The Labute approximate surface area is 125 Å². The van der Waals surface area contributed by atoms with E-state index in [1.807, 2.05) is 6.92 Å². The van der Waals surface area contributed by atoms with Crippen molar-refractivity contribution in [3.63, 3.8) is 0 Å². The van der Waals surface area contributed by atoms with Crippen LogP contribution in [0.3, 0.4) is 0 Å². The Morgan fingerprint density at radius 2 is 2.19 bits per heavy atom. The molecule has 0 radical (unpaired) electrons. The van der Waals surface area contributed by atoms with Crippen molar-refractivity contribution in [2.24, 2.45) is 0 Å². The fraction of sp³-hybridized carbons (Fsp3) is 0.600. The molecule has 1 aromatic heterocycles. The second-order valence-corrected chi connectivity index (χ2v) is 5.53.